The monoisotopic (exact) mass is 142 g/mol. The first-order valence-corrected chi connectivity index (χ1v) is 2.59. The van der Waals surface area contributed by atoms with Crippen molar-refractivity contribution in [2.45, 2.75) is 6.61 Å². The number of nitrogens with two attached hydrogens (primary N) is 1. The molecule has 0 radical (unpaired) electrons. The lowest BCUT2D eigenvalue weighted by Gasteiger charge is -1.93. The Morgan fingerprint density at radius 3 is 3.20 bits per heavy atom. The van der Waals surface area contributed by atoms with Crippen LogP contribution in [0, 0.1) is 0 Å². The van der Waals surface area contributed by atoms with Gasteiger partial charge >= 0.3 is 6.09 Å². The third kappa shape index (κ3) is 1.77. The second-order valence-corrected chi connectivity index (χ2v) is 1.53. The molecule has 0 aliphatic carbocycles. The minimum Gasteiger partial charge on any atom is -0.446 e. The number of primary amides is 1. The van der Waals surface area contributed by atoms with Crippen molar-refractivity contribution in [2.75, 3.05) is 0 Å². The summed E-state index contributed by atoms with van der Waals surface area (Å²) < 4.78 is 9.11. The van der Waals surface area contributed by atoms with Gasteiger partial charge in [-0.15, -0.1) is 0 Å². The molecule has 1 aromatic rings. The maximum Gasteiger partial charge on any atom is 0.405 e. The predicted molar refractivity (Wildman–Crippen MR) is 30.9 cm³/mol. The van der Waals surface area contributed by atoms with Gasteiger partial charge in [-0.3, -0.25) is 0 Å². The van der Waals surface area contributed by atoms with Crippen LogP contribution in [0.3, 0.4) is 0 Å². The number of nitrogens with zero attached hydrogens (tertiary/aromatic N) is 1. The molecule has 2 N–H and O–H groups in total. The minimum absolute atomic E-state index is 0.0116. The number of amides is 1. The first kappa shape index (κ1) is 6.60. The van der Waals surface area contributed by atoms with Crippen molar-refractivity contribution in [1.29, 1.82) is 0 Å². The van der Waals surface area contributed by atoms with Gasteiger partial charge in [0.05, 0.1) is 6.20 Å². The normalized spacial score (nSPS) is 9.20. The lowest BCUT2D eigenvalue weighted by molar-refractivity contribution is 0.139. The highest BCUT2D eigenvalue weighted by Gasteiger charge is 1.98. The molecule has 0 aliphatic rings. The molecule has 5 nitrogen and oxygen atoms in total. The lowest BCUT2D eigenvalue weighted by atomic mass is 10.7. The summed E-state index contributed by atoms with van der Waals surface area (Å²) in [6.07, 6.45) is 2.01. The molecule has 0 fully saturated rings. The van der Waals surface area contributed by atoms with E-state index in [1.807, 2.05) is 0 Å². The van der Waals surface area contributed by atoms with Crippen LogP contribution in [0.25, 0.3) is 0 Å². The van der Waals surface area contributed by atoms with Crippen LogP contribution in [0.5, 0.6) is 0 Å². The number of ether oxygens (including phenoxy) is 1. The fourth-order valence-corrected chi connectivity index (χ4v) is 0.457. The molecule has 10 heavy (non-hydrogen) atoms. The number of carbonyl (C=O) groups excluding carboxylic acids is 1. The first-order valence-electron chi connectivity index (χ1n) is 2.59. The van der Waals surface area contributed by atoms with E-state index in [0.29, 0.717) is 5.89 Å². The van der Waals surface area contributed by atoms with E-state index in [4.69, 9.17) is 4.42 Å². The highest BCUT2D eigenvalue weighted by molar-refractivity contribution is 5.64. The summed E-state index contributed by atoms with van der Waals surface area (Å²) in [7, 11) is 0. The zero-order chi connectivity index (χ0) is 7.40. The van der Waals surface area contributed by atoms with Gasteiger partial charge in [0.2, 0.25) is 5.89 Å². The van der Waals surface area contributed by atoms with Crippen LogP contribution in [-0.4, -0.2) is 11.1 Å². The number of rotatable bonds is 2. The summed E-state index contributed by atoms with van der Waals surface area (Å²) in [6.45, 7) is -0.0116. The molecule has 0 aromatic carbocycles. The van der Waals surface area contributed by atoms with Crippen LogP contribution in [0.2, 0.25) is 0 Å². The molecule has 5 heteroatoms. The number of hydrogen-bond donors (Lipinski definition) is 1. The Balaban J connectivity index is 2.35. The Morgan fingerprint density at radius 2 is 2.70 bits per heavy atom. The molecular weight excluding hydrogens is 136 g/mol. The van der Waals surface area contributed by atoms with Gasteiger partial charge in [0.25, 0.3) is 0 Å². The van der Waals surface area contributed by atoms with Crippen LogP contribution in [0.1, 0.15) is 5.89 Å². The van der Waals surface area contributed by atoms with Crippen molar-refractivity contribution in [2.24, 2.45) is 5.73 Å². The van der Waals surface area contributed by atoms with Crippen LogP contribution in [-0.2, 0) is 11.3 Å². The minimum atomic E-state index is -0.835. The Morgan fingerprint density at radius 1 is 1.90 bits per heavy atom. The van der Waals surface area contributed by atoms with Gasteiger partial charge in [0.1, 0.15) is 6.26 Å². The standard InChI is InChI=1S/C5H6N2O3/c6-5(8)10-3-4-7-1-2-9-4/h1-2H,3H2,(H2,6,8). The van der Waals surface area contributed by atoms with E-state index in [1.165, 1.54) is 12.5 Å². The second kappa shape index (κ2) is 2.86. The molecule has 54 valence electrons. The number of aromatic nitrogens is 1. The Bertz CT molecular complexity index is 207. The topological polar surface area (TPSA) is 78.4 Å². The molecule has 0 saturated heterocycles. The summed E-state index contributed by atoms with van der Waals surface area (Å²) in [5.41, 5.74) is 4.68. The highest BCUT2D eigenvalue weighted by Crippen LogP contribution is 1.95. The Kier molecular flexibility index (Phi) is 1.89. The molecule has 0 saturated carbocycles. The fraction of sp³-hybridized carbons (Fsp3) is 0.200. The average molecular weight is 142 g/mol. The molecule has 0 unspecified atom stereocenters. The van der Waals surface area contributed by atoms with E-state index in [-0.39, 0.29) is 6.61 Å². The number of oxazole rings is 1. The van der Waals surface area contributed by atoms with E-state index in [1.54, 1.807) is 0 Å². The van der Waals surface area contributed by atoms with E-state index in [9.17, 15) is 4.79 Å². The highest BCUT2D eigenvalue weighted by atomic mass is 16.6. The SMILES string of the molecule is NC(=O)OCc1ncco1. The van der Waals surface area contributed by atoms with Crippen LogP contribution in [0.15, 0.2) is 16.9 Å². The zero-order valence-corrected chi connectivity index (χ0v) is 5.11. The van der Waals surface area contributed by atoms with Crippen molar-refractivity contribution < 1.29 is 13.9 Å². The van der Waals surface area contributed by atoms with E-state index < -0.39 is 6.09 Å². The lowest BCUT2D eigenvalue weighted by Crippen LogP contribution is -2.12. The summed E-state index contributed by atoms with van der Waals surface area (Å²) >= 11 is 0. The molecule has 1 amide bonds. The second-order valence-electron chi connectivity index (χ2n) is 1.53. The summed E-state index contributed by atoms with van der Waals surface area (Å²) in [5, 5.41) is 0. The fourth-order valence-electron chi connectivity index (χ4n) is 0.457. The van der Waals surface area contributed by atoms with Crippen LogP contribution >= 0.6 is 0 Å². The van der Waals surface area contributed by atoms with Gasteiger partial charge in [-0.05, 0) is 0 Å². The van der Waals surface area contributed by atoms with Crippen LogP contribution in [0.4, 0.5) is 4.79 Å². The molecule has 1 aromatic heterocycles. The van der Waals surface area contributed by atoms with Gasteiger partial charge in [0, 0.05) is 0 Å². The number of carbonyl (C=O) groups is 1. The third-order valence-corrected chi connectivity index (χ3v) is 0.821. The quantitative estimate of drug-likeness (QED) is 0.642. The molecule has 0 aliphatic heterocycles. The molecule has 0 spiro atoms. The van der Waals surface area contributed by atoms with Crippen molar-refractivity contribution >= 4 is 6.09 Å². The van der Waals surface area contributed by atoms with E-state index >= 15 is 0 Å². The third-order valence-electron chi connectivity index (χ3n) is 0.821. The maximum absolute atomic E-state index is 10.0. The van der Waals surface area contributed by atoms with Gasteiger partial charge < -0.3 is 14.9 Å². The van der Waals surface area contributed by atoms with E-state index in [2.05, 4.69) is 15.5 Å². The molecule has 0 atom stereocenters. The zero-order valence-electron chi connectivity index (χ0n) is 5.11. The van der Waals surface area contributed by atoms with Crippen molar-refractivity contribution in [3.05, 3.63) is 18.4 Å². The van der Waals surface area contributed by atoms with Crippen LogP contribution < -0.4 is 5.73 Å². The summed E-state index contributed by atoms with van der Waals surface area (Å²) in [4.78, 5) is 13.7. The summed E-state index contributed by atoms with van der Waals surface area (Å²) in [5.74, 6) is 0.332. The van der Waals surface area contributed by atoms with Gasteiger partial charge in [-0.2, -0.15) is 0 Å². The molecular formula is C5H6N2O3. The Labute approximate surface area is 56.8 Å². The van der Waals surface area contributed by atoms with Crippen molar-refractivity contribution in [3.63, 3.8) is 0 Å². The van der Waals surface area contributed by atoms with Gasteiger partial charge in [-0.25, -0.2) is 9.78 Å². The first-order chi connectivity index (χ1) is 4.79. The van der Waals surface area contributed by atoms with E-state index in [0.717, 1.165) is 0 Å². The molecule has 1 heterocycles. The smallest absolute Gasteiger partial charge is 0.405 e. The number of hydrogen-bond acceptors (Lipinski definition) is 4. The van der Waals surface area contributed by atoms with Gasteiger partial charge in [0.15, 0.2) is 6.61 Å². The largest absolute Gasteiger partial charge is 0.446 e. The maximum atomic E-state index is 10.0. The summed E-state index contributed by atoms with van der Waals surface area (Å²) in [6, 6.07) is 0. The molecule has 1 rings (SSSR count). The predicted octanol–water partition coefficient (Wildman–Crippen LogP) is 0.270. The Hall–Kier alpha value is -1.52. The average Bonchev–Trinajstić information content (AvgIpc) is 2.34. The van der Waals surface area contributed by atoms with Crippen molar-refractivity contribution in [1.82, 2.24) is 4.98 Å². The molecule has 0 bridgehead atoms. The van der Waals surface area contributed by atoms with Gasteiger partial charge in [-0.1, -0.05) is 0 Å². The van der Waals surface area contributed by atoms with Crippen molar-refractivity contribution in [3.8, 4) is 0 Å².